The van der Waals surface area contributed by atoms with Gasteiger partial charge in [0.05, 0.1) is 0 Å². The van der Waals surface area contributed by atoms with Crippen LogP contribution in [0.25, 0.3) is 0 Å². The van der Waals surface area contributed by atoms with E-state index in [0.717, 1.165) is 89.9 Å². The van der Waals surface area contributed by atoms with Crippen LogP contribution in [0.5, 0.6) is 0 Å². The summed E-state index contributed by atoms with van der Waals surface area (Å²) in [6.45, 7) is 4.84. The maximum Gasteiger partial charge on any atom is 0.326 e. The van der Waals surface area contributed by atoms with Crippen molar-refractivity contribution in [3.05, 3.63) is 48.6 Å². The number of unbranched alkanes of at least 4 members (excludes halogenated alkanes) is 21. The number of amides is 1. The zero-order valence-corrected chi connectivity index (χ0v) is 37.2. The highest BCUT2D eigenvalue weighted by Crippen LogP contribution is 2.18. The van der Waals surface area contributed by atoms with Crippen molar-refractivity contribution in [3.8, 4) is 0 Å². The molecule has 0 aliphatic carbocycles. The second-order valence-electron chi connectivity index (χ2n) is 16.1. The van der Waals surface area contributed by atoms with Crippen LogP contribution in [0.1, 0.15) is 232 Å². The van der Waals surface area contributed by atoms with Gasteiger partial charge in [0.25, 0.3) is 0 Å². The number of carboxylic acid groups (broad SMARTS) is 1. The average molecular weight is 799 g/mol. The van der Waals surface area contributed by atoms with Crippen molar-refractivity contribution in [2.24, 2.45) is 5.73 Å². The van der Waals surface area contributed by atoms with Crippen LogP contribution in [0.15, 0.2) is 48.6 Å². The van der Waals surface area contributed by atoms with Gasteiger partial charge in [-0.15, -0.1) is 0 Å². The van der Waals surface area contributed by atoms with Gasteiger partial charge < -0.3 is 20.9 Å². The number of allylic oxidation sites excluding steroid dienone is 8. The molecule has 0 saturated carbocycles. The molecule has 0 aliphatic heterocycles. The summed E-state index contributed by atoms with van der Waals surface area (Å²) >= 11 is 0. The third-order valence-electron chi connectivity index (χ3n) is 10.7. The largest absolute Gasteiger partial charge is 0.480 e. The van der Waals surface area contributed by atoms with E-state index < -0.39 is 12.0 Å². The van der Waals surface area contributed by atoms with E-state index in [-0.39, 0.29) is 18.0 Å². The van der Waals surface area contributed by atoms with Crippen LogP contribution in [0, 0.1) is 0 Å². The number of carbonyl (C=O) groups excluding carboxylic acids is 2. The van der Waals surface area contributed by atoms with Crippen LogP contribution < -0.4 is 11.1 Å². The number of nitrogens with two attached hydrogens (primary N) is 1. The monoisotopic (exact) mass is 799 g/mol. The van der Waals surface area contributed by atoms with Gasteiger partial charge in [-0.3, -0.25) is 9.59 Å². The number of aliphatic carboxylic acids is 1. The van der Waals surface area contributed by atoms with Gasteiger partial charge in [-0.05, 0) is 83.6 Å². The number of carboxylic acids is 1. The van der Waals surface area contributed by atoms with Crippen molar-refractivity contribution in [2.45, 2.75) is 244 Å². The third-order valence-corrected chi connectivity index (χ3v) is 10.7. The maximum absolute atomic E-state index is 12.8. The first-order valence-electron chi connectivity index (χ1n) is 24.0. The van der Waals surface area contributed by atoms with Gasteiger partial charge in [0.2, 0.25) is 5.91 Å². The van der Waals surface area contributed by atoms with Gasteiger partial charge in [-0.1, -0.05) is 191 Å². The number of carbonyl (C=O) groups is 3. The molecule has 2 atom stereocenters. The molecule has 7 heteroatoms. The van der Waals surface area contributed by atoms with Crippen molar-refractivity contribution < 1.29 is 24.2 Å². The van der Waals surface area contributed by atoms with Crippen molar-refractivity contribution in [2.75, 3.05) is 6.54 Å². The molecule has 0 aromatic carbocycles. The summed E-state index contributed by atoms with van der Waals surface area (Å²) in [7, 11) is 0. The van der Waals surface area contributed by atoms with Crippen LogP contribution in [0.3, 0.4) is 0 Å². The van der Waals surface area contributed by atoms with Gasteiger partial charge in [0.15, 0.2) is 0 Å². The molecule has 57 heavy (non-hydrogen) atoms. The molecule has 0 radical (unpaired) electrons. The second-order valence-corrected chi connectivity index (χ2v) is 16.1. The minimum Gasteiger partial charge on any atom is -0.480 e. The van der Waals surface area contributed by atoms with Crippen molar-refractivity contribution in [1.29, 1.82) is 0 Å². The average Bonchev–Trinajstić information content (AvgIpc) is 3.20. The van der Waals surface area contributed by atoms with Crippen molar-refractivity contribution in [1.82, 2.24) is 5.32 Å². The Morgan fingerprint density at radius 2 is 0.965 bits per heavy atom. The first-order chi connectivity index (χ1) is 27.9. The molecule has 7 nitrogen and oxygen atoms in total. The lowest BCUT2D eigenvalue weighted by atomic mass is 10.0. The molecule has 0 aliphatic rings. The molecule has 0 fully saturated rings. The predicted molar refractivity (Wildman–Crippen MR) is 243 cm³/mol. The lowest BCUT2D eigenvalue weighted by Gasteiger charge is -2.17. The summed E-state index contributed by atoms with van der Waals surface area (Å²) in [4.78, 5) is 36.5. The Morgan fingerprint density at radius 1 is 0.526 bits per heavy atom. The summed E-state index contributed by atoms with van der Waals surface area (Å²) in [5.41, 5.74) is 5.49. The van der Waals surface area contributed by atoms with E-state index in [1.165, 1.54) is 103 Å². The Labute approximate surface area is 351 Å². The highest BCUT2D eigenvalue weighted by Gasteiger charge is 2.19. The van der Waals surface area contributed by atoms with Gasteiger partial charge in [-0.25, -0.2) is 4.79 Å². The second kappa shape index (κ2) is 44.4. The Balaban J connectivity index is 4.34. The van der Waals surface area contributed by atoms with E-state index in [4.69, 9.17) is 10.5 Å². The van der Waals surface area contributed by atoms with Crippen LogP contribution in [-0.4, -0.2) is 41.6 Å². The van der Waals surface area contributed by atoms with Crippen LogP contribution in [0.4, 0.5) is 0 Å². The van der Waals surface area contributed by atoms with Crippen LogP contribution >= 0.6 is 0 Å². The third kappa shape index (κ3) is 41.3. The molecule has 4 N–H and O–H groups in total. The van der Waals surface area contributed by atoms with E-state index in [0.29, 0.717) is 32.2 Å². The summed E-state index contributed by atoms with van der Waals surface area (Å²) in [6.07, 6.45) is 54.5. The Morgan fingerprint density at radius 3 is 1.44 bits per heavy atom. The number of ether oxygens (including phenoxy) is 1. The summed E-state index contributed by atoms with van der Waals surface area (Å²) in [5, 5.41) is 11.9. The van der Waals surface area contributed by atoms with Gasteiger partial charge in [0, 0.05) is 12.8 Å². The Kier molecular flexibility index (Phi) is 42.4. The normalized spacial score (nSPS) is 13.0. The standard InChI is InChI=1S/C50H90N2O5/c1-3-5-7-9-11-13-15-17-18-19-20-21-23-25-27-29-34-38-44-49(54)57-46(40-35-31-28-26-24-22-16-14-12-10-8-6-4-2)41-36-32-30-33-37-43-48(53)52-47(50(55)56)42-39-45-51/h6,8,12,14,22,24,28,31,46-47H,3-5,7,9-11,13,15-21,23,25-27,29-30,32-45,51H2,1-2H3,(H,52,53)(H,55,56)/b8-6-,14-12-,24-22-,31-28-. The molecule has 1 amide bonds. The number of nitrogens with one attached hydrogen (secondary N) is 1. The number of hydrogen-bond donors (Lipinski definition) is 3. The summed E-state index contributed by atoms with van der Waals surface area (Å²) < 4.78 is 6.03. The zero-order valence-electron chi connectivity index (χ0n) is 37.2. The van der Waals surface area contributed by atoms with E-state index in [9.17, 15) is 19.5 Å². The van der Waals surface area contributed by atoms with Gasteiger partial charge in [-0.2, -0.15) is 0 Å². The quantitative estimate of drug-likeness (QED) is 0.0321. The molecule has 2 unspecified atom stereocenters. The fourth-order valence-corrected chi connectivity index (χ4v) is 7.09. The number of hydrogen-bond acceptors (Lipinski definition) is 5. The number of esters is 1. The molecule has 0 aromatic heterocycles. The highest BCUT2D eigenvalue weighted by atomic mass is 16.5. The van der Waals surface area contributed by atoms with E-state index in [1.807, 2.05) is 0 Å². The van der Waals surface area contributed by atoms with Crippen molar-refractivity contribution >= 4 is 17.8 Å². The van der Waals surface area contributed by atoms with Gasteiger partial charge >= 0.3 is 11.9 Å². The molecule has 330 valence electrons. The molecule has 0 spiro atoms. The minimum atomic E-state index is -1.01. The first kappa shape index (κ1) is 54.3. The fourth-order valence-electron chi connectivity index (χ4n) is 7.09. The number of rotatable bonds is 43. The smallest absolute Gasteiger partial charge is 0.326 e. The molecule has 0 heterocycles. The lowest BCUT2D eigenvalue weighted by Crippen LogP contribution is -2.40. The van der Waals surface area contributed by atoms with E-state index in [1.54, 1.807) is 0 Å². The molecular formula is C50H90N2O5. The topological polar surface area (TPSA) is 119 Å². The van der Waals surface area contributed by atoms with E-state index >= 15 is 0 Å². The Hall–Kier alpha value is -2.67. The molecule has 0 saturated heterocycles. The van der Waals surface area contributed by atoms with Crippen molar-refractivity contribution in [3.63, 3.8) is 0 Å². The molecule has 0 bridgehead atoms. The molecule has 0 aromatic rings. The lowest BCUT2D eigenvalue weighted by molar-refractivity contribution is -0.150. The SMILES string of the molecule is CC/C=C\C/C=C\C/C=C\C/C=C\CCC(CCCCCCCC(=O)NC(CCCN)C(=O)O)OC(=O)CCCCCCCCCCCCCCCCCCCC. The minimum absolute atomic E-state index is 0.0567. The predicted octanol–water partition coefficient (Wildman–Crippen LogP) is 14.0. The summed E-state index contributed by atoms with van der Waals surface area (Å²) in [6, 6.07) is -0.865. The van der Waals surface area contributed by atoms with Gasteiger partial charge in [0.1, 0.15) is 12.1 Å². The van der Waals surface area contributed by atoms with E-state index in [2.05, 4.69) is 67.8 Å². The molecular weight excluding hydrogens is 709 g/mol. The Bertz CT molecular complexity index is 1040. The first-order valence-corrected chi connectivity index (χ1v) is 24.0. The summed E-state index contributed by atoms with van der Waals surface area (Å²) in [5.74, 6) is -1.28. The maximum atomic E-state index is 12.8. The van der Waals surface area contributed by atoms with Crippen LogP contribution in [0.2, 0.25) is 0 Å². The van der Waals surface area contributed by atoms with Crippen LogP contribution in [-0.2, 0) is 19.1 Å². The fraction of sp³-hybridized carbons (Fsp3) is 0.780. The highest BCUT2D eigenvalue weighted by molar-refractivity contribution is 5.83. The molecule has 0 rings (SSSR count). The zero-order chi connectivity index (χ0) is 41.7.